The lowest BCUT2D eigenvalue weighted by atomic mass is 10.1. The molecule has 1 aliphatic rings. The molecule has 5 rings (SSSR count). The lowest BCUT2D eigenvalue weighted by Crippen LogP contribution is -2.16. The molecule has 1 fully saturated rings. The van der Waals surface area contributed by atoms with E-state index >= 15 is 0 Å². The number of aryl methyl sites for hydroxylation is 2. The van der Waals surface area contributed by atoms with E-state index in [0.29, 0.717) is 39.9 Å². The number of anilines is 4. The van der Waals surface area contributed by atoms with Gasteiger partial charge in [0.1, 0.15) is 23.0 Å². The van der Waals surface area contributed by atoms with Gasteiger partial charge in [-0.25, -0.2) is 23.4 Å². The smallest absolute Gasteiger partial charge is 0.232 e. The number of fused-ring (bicyclic) bond motifs is 1. The molecule has 0 atom stereocenters. The number of H-pyrrole nitrogens is 1. The molecule has 4 N–H and O–H groups in total. The van der Waals surface area contributed by atoms with Crippen molar-refractivity contribution in [2.75, 3.05) is 21.1 Å². The number of imidazole rings is 2. The number of carbonyl (C=O) groups is 1. The number of carbonyl (C=O) groups excluding carboxylic acids is 1. The number of sulfonamides is 1. The van der Waals surface area contributed by atoms with Gasteiger partial charge in [-0.2, -0.15) is 0 Å². The fourth-order valence-corrected chi connectivity index (χ4v) is 4.51. The van der Waals surface area contributed by atoms with Crippen LogP contribution in [-0.2, 0) is 21.9 Å². The minimum Gasteiger partial charge on any atom is -0.352 e. The van der Waals surface area contributed by atoms with Crippen molar-refractivity contribution in [3.63, 3.8) is 0 Å². The summed E-state index contributed by atoms with van der Waals surface area (Å²) in [5, 5.41) is 6.18. The Balaban J connectivity index is 1.57. The third-order valence-corrected chi connectivity index (χ3v) is 7.48. The molecular weight excluding hydrogens is 480 g/mol. The molecule has 3 heterocycles. The molecule has 11 nitrogen and oxygen atoms in total. The Hall–Kier alpha value is -3.93. The van der Waals surface area contributed by atoms with Crippen molar-refractivity contribution in [2.24, 2.45) is 13.0 Å². The number of benzene rings is 1. The zero-order valence-electron chi connectivity index (χ0n) is 20.5. The third kappa shape index (κ3) is 4.76. The van der Waals surface area contributed by atoms with Crippen molar-refractivity contribution in [3.05, 3.63) is 42.0 Å². The monoisotopic (exact) mass is 508 g/mol. The van der Waals surface area contributed by atoms with Gasteiger partial charge in [-0.1, -0.05) is 0 Å². The highest BCUT2D eigenvalue weighted by atomic mass is 32.2. The topological polar surface area (TPSA) is 147 Å². The van der Waals surface area contributed by atoms with Gasteiger partial charge in [-0.3, -0.25) is 9.52 Å². The summed E-state index contributed by atoms with van der Waals surface area (Å²) in [7, 11) is -1.65. The molecule has 36 heavy (non-hydrogen) atoms. The predicted molar refractivity (Wildman–Crippen MR) is 140 cm³/mol. The highest BCUT2D eigenvalue weighted by molar-refractivity contribution is 7.92. The number of nitrogens with one attached hydrogen (secondary N) is 4. The van der Waals surface area contributed by atoms with Crippen LogP contribution < -0.4 is 15.4 Å². The Morgan fingerprint density at radius 1 is 1.14 bits per heavy atom. The Bertz CT molecular complexity index is 1580. The summed E-state index contributed by atoms with van der Waals surface area (Å²) in [6.07, 6.45) is 3.52. The van der Waals surface area contributed by atoms with Gasteiger partial charge in [0.2, 0.25) is 15.9 Å². The van der Waals surface area contributed by atoms with Crippen LogP contribution in [0.25, 0.3) is 22.6 Å². The number of aromatic amines is 1. The molecule has 188 valence electrons. The van der Waals surface area contributed by atoms with Crippen molar-refractivity contribution < 1.29 is 13.2 Å². The van der Waals surface area contributed by atoms with Gasteiger partial charge in [-0.05, 0) is 51.8 Å². The summed E-state index contributed by atoms with van der Waals surface area (Å²) in [4.78, 5) is 28.9. The second-order valence-electron chi connectivity index (χ2n) is 9.01. The normalized spacial score (nSPS) is 13.7. The Kier molecular flexibility index (Phi) is 5.91. The number of pyridine rings is 1. The van der Waals surface area contributed by atoms with Crippen LogP contribution in [0.1, 0.15) is 31.3 Å². The largest absolute Gasteiger partial charge is 0.352 e. The Morgan fingerprint density at radius 3 is 2.58 bits per heavy atom. The van der Waals surface area contributed by atoms with Crippen LogP contribution in [0.5, 0.6) is 0 Å². The van der Waals surface area contributed by atoms with E-state index in [2.05, 4.69) is 35.3 Å². The maximum Gasteiger partial charge on any atom is 0.232 e. The van der Waals surface area contributed by atoms with E-state index in [9.17, 15) is 13.2 Å². The molecular formula is C24H28N8O3S. The summed E-state index contributed by atoms with van der Waals surface area (Å²) in [6.45, 7) is 5.35. The molecule has 12 heteroatoms. The second-order valence-corrected chi connectivity index (χ2v) is 11.0. The SMILES string of the molecule is CCS(=O)(=O)Nc1cc(-c2ncc(C)n2C)ccc1Nc1cc(NC(=O)C2CC2)nc2nc(C)[nH]c12. The highest BCUT2D eigenvalue weighted by Gasteiger charge is 2.30. The molecule has 1 amide bonds. The lowest BCUT2D eigenvalue weighted by Gasteiger charge is -2.16. The number of hydrogen-bond donors (Lipinski definition) is 4. The van der Waals surface area contributed by atoms with E-state index in [1.165, 1.54) is 0 Å². The van der Waals surface area contributed by atoms with Crippen molar-refractivity contribution in [1.82, 2.24) is 24.5 Å². The summed E-state index contributed by atoms with van der Waals surface area (Å²) in [6, 6.07) is 7.14. The van der Waals surface area contributed by atoms with Crippen LogP contribution in [0.2, 0.25) is 0 Å². The molecule has 4 aromatic rings. The molecule has 0 spiro atoms. The maximum absolute atomic E-state index is 12.5. The minimum atomic E-state index is -3.56. The number of rotatable bonds is 8. The molecule has 0 bridgehead atoms. The van der Waals surface area contributed by atoms with Crippen LogP contribution in [0.4, 0.5) is 22.9 Å². The van der Waals surface area contributed by atoms with Crippen molar-refractivity contribution in [3.8, 4) is 11.4 Å². The molecule has 1 saturated carbocycles. The van der Waals surface area contributed by atoms with E-state index in [-0.39, 0.29) is 17.6 Å². The third-order valence-electron chi connectivity index (χ3n) is 6.19. The fourth-order valence-electron chi connectivity index (χ4n) is 3.86. The van der Waals surface area contributed by atoms with E-state index in [1.54, 1.807) is 31.3 Å². The van der Waals surface area contributed by atoms with Gasteiger partial charge in [0, 0.05) is 36.5 Å². The molecule has 0 radical (unpaired) electrons. The summed E-state index contributed by atoms with van der Waals surface area (Å²) >= 11 is 0. The molecule has 0 aliphatic heterocycles. The van der Waals surface area contributed by atoms with Crippen LogP contribution in [-0.4, -0.2) is 44.6 Å². The molecule has 0 unspecified atom stereocenters. The van der Waals surface area contributed by atoms with E-state index in [0.717, 1.165) is 29.9 Å². The number of nitrogens with zero attached hydrogens (tertiary/aromatic N) is 4. The van der Waals surface area contributed by atoms with Gasteiger partial charge in [0.05, 0.1) is 22.8 Å². The van der Waals surface area contributed by atoms with E-state index in [1.807, 2.05) is 31.5 Å². The van der Waals surface area contributed by atoms with Crippen LogP contribution in [0, 0.1) is 19.8 Å². The predicted octanol–water partition coefficient (Wildman–Crippen LogP) is 3.83. The van der Waals surface area contributed by atoms with E-state index < -0.39 is 10.0 Å². The fraction of sp³-hybridized carbons (Fsp3) is 0.333. The van der Waals surface area contributed by atoms with Gasteiger partial charge >= 0.3 is 0 Å². The Morgan fingerprint density at radius 2 is 1.92 bits per heavy atom. The van der Waals surface area contributed by atoms with Crippen molar-refractivity contribution in [1.29, 1.82) is 0 Å². The van der Waals surface area contributed by atoms with Gasteiger partial charge in [0.25, 0.3) is 0 Å². The van der Waals surface area contributed by atoms with Crippen LogP contribution in [0.3, 0.4) is 0 Å². The van der Waals surface area contributed by atoms with Crippen LogP contribution in [0.15, 0.2) is 30.5 Å². The minimum absolute atomic E-state index is 0.0252. The number of aromatic nitrogens is 5. The van der Waals surface area contributed by atoms with Crippen molar-refractivity contribution >= 4 is 50.0 Å². The average Bonchev–Trinajstić information content (AvgIpc) is 3.54. The maximum atomic E-state index is 12.5. The zero-order valence-corrected chi connectivity index (χ0v) is 21.3. The summed E-state index contributed by atoms with van der Waals surface area (Å²) in [5.74, 6) is 1.65. The first-order valence-electron chi connectivity index (χ1n) is 11.7. The molecule has 1 aromatic carbocycles. The number of amides is 1. The quantitative estimate of drug-likeness (QED) is 0.283. The standard InChI is InChI=1S/C24H28N8O3S/c1-5-36(34,35)31-18-10-16(23-25-12-13(2)32(23)4)8-9-17(18)28-19-11-20(30-24(33)15-6-7-15)29-22-21(19)26-14(3)27-22/h8-12,15,31H,5-7H2,1-4H3,(H3,26,27,28,29,30,33). The zero-order chi connectivity index (χ0) is 25.6. The van der Waals surface area contributed by atoms with E-state index in [4.69, 9.17) is 0 Å². The first kappa shape index (κ1) is 23.8. The number of hydrogen-bond acceptors (Lipinski definition) is 7. The lowest BCUT2D eigenvalue weighted by molar-refractivity contribution is -0.117. The van der Waals surface area contributed by atoms with Gasteiger partial charge < -0.3 is 20.2 Å². The Labute approximate surface area is 208 Å². The second kappa shape index (κ2) is 8.94. The highest BCUT2D eigenvalue weighted by Crippen LogP contribution is 2.35. The molecule has 3 aromatic heterocycles. The molecule has 0 saturated heterocycles. The summed E-state index contributed by atoms with van der Waals surface area (Å²) < 4.78 is 29.7. The molecule has 1 aliphatic carbocycles. The first-order chi connectivity index (χ1) is 17.1. The van der Waals surface area contributed by atoms with Gasteiger partial charge in [0.15, 0.2) is 5.65 Å². The average molecular weight is 509 g/mol. The van der Waals surface area contributed by atoms with Crippen LogP contribution >= 0.6 is 0 Å². The van der Waals surface area contributed by atoms with Crippen molar-refractivity contribution in [2.45, 2.75) is 33.6 Å². The first-order valence-corrected chi connectivity index (χ1v) is 13.4. The summed E-state index contributed by atoms with van der Waals surface area (Å²) in [5.41, 5.74) is 4.34. The van der Waals surface area contributed by atoms with Gasteiger partial charge in [-0.15, -0.1) is 0 Å².